The molecule has 0 saturated carbocycles. The zero-order valence-electron chi connectivity index (χ0n) is 14.5. The highest BCUT2D eigenvalue weighted by atomic mass is 19.1. The number of aryl methyl sites for hydroxylation is 1. The highest BCUT2D eigenvalue weighted by Crippen LogP contribution is 2.32. The van der Waals surface area contributed by atoms with E-state index < -0.39 is 0 Å². The molecule has 0 N–H and O–H groups in total. The summed E-state index contributed by atoms with van der Waals surface area (Å²) in [6, 6.07) is 11.7. The van der Waals surface area contributed by atoms with Gasteiger partial charge in [0.2, 0.25) is 5.82 Å². The number of carbonyl (C=O) groups is 1. The summed E-state index contributed by atoms with van der Waals surface area (Å²) in [5, 5.41) is 12.3. The second-order valence-corrected chi connectivity index (χ2v) is 5.60. The standard InChI is InChI=1S/C20H16F2N4O/c1-2-26-24-20(23-25-26)18(4-3-13-27)19(14-5-9-16(21)10-6-14)15-7-11-17(22)12-8-15/h3-13H,2H2,1H3. The number of hydrogen-bond donors (Lipinski definition) is 0. The fourth-order valence-corrected chi connectivity index (χ4v) is 2.60. The average Bonchev–Trinajstić information content (AvgIpc) is 3.16. The summed E-state index contributed by atoms with van der Waals surface area (Å²) in [5.74, 6) is -0.451. The summed E-state index contributed by atoms with van der Waals surface area (Å²) in [5.41, 5.74) is 2.48. The second-order valence-electron chi connectivity index (χ2n) is 5.60. The van der Waals surface area contributed by atoms with E-state index in [2.05, 4.69) is 15.4 Å². The molecule has 3 aromatic rings. The fourth-order valence-electron chi connectivity index (χ4n) is 2.60. The normalized spacial score (nSPS) is 10.9. The van der Waals surface area contributed by atoms with Gasteiger partial charge in [0.1, 0.15) is 17.9 Å². The van der Waals surface area contributed by atoms with Crippen molar-refractivity contribution in [3.05, 3.63) is 89.3 Å². The molecule has 1 heterocycles. The Balaban J connectivity index is 2.30. The highest BCUT2D eigenvalue weighted by molar-refractivity contribution is 6.01. The van der Waals surface area contributed by atoms with Crippen LogP contribution in [0.2, 0.25) is 0 Å². The first-order valence-electron chi connectivity index (χ1n) is 8.28. The lowest BCUT2D eigenvalue weighted by molar-refractivity contribution is -0.104. The van der Waals surface area contributed by atoms with Crippen LogP contribution in [0.5, 0.6) is 0 Å². The lowest BCUT2D eigenvalue weighted by Crippen LogP contribution is -2.00. The number of benzene rings is 2. The molecule has 136 valence electrons. The van der Waals surface area contributed by atoms with Gasteiger partial charge in [0.25, 0.3) is 0 Å². The fraction of sp³-hybridized carbons (Fsp3) is 0.100. The van der Waals surface area contributed by atoms with Crippen molar-refractivity contribution >= 4 is 17.4 Å². The molecule has 0 unspecified atom stereocenters. The van der Waals surface area contributed by atoms with Crippen molar-refractivity contribution in [1.82, 2.24) is 20.2 Å². The minimum atomic E-state index is -0.378. The largest absolute Gasteiger partial charge is 0.299 e. The topological polar surface area (TPSA) is 60.7 Å². The van der Waals surface area contributed by atoms with Gasteiger partial charge in [-0.05, 0) is 59.7 Å². The predicted molar refractivity (Wildman–Crippen MR) is 97.4 cm³/mol. The van der Waals surface area contributed by atoms with E-state index in [0.29, 0.717) is 40.9 Å². The van der Waals surface area contributed by atoms with E-state index in [1.54, 1.807) is 30.3 Å². The highest BCUT2D eigenvalue weighted by Gasteiger charge is 2.16. The Bertz CT molecular complexity index is 942. The Labute approximate surface area is 154 Å². The zero-order valence-corrected chi connectivity index (χ0v) is 14.5. The molecule has 0 atom stereocenters. The molecule has 7 heteroatoms. The van der Waals surface area contributed by atoms with Crippen LogP contribution in [0.3, 0.4) is 0 Å². The number of aldehydes is 1. The average molecular weight is 366 g/mol. The predicted octanol–water partition coefficient (Wildman–Crippen LogP) is 3.69. The third-order valence-electron chi connectivity index (χ3n) is 3.85. The van der Waals surface area contributed by atoms with E-state index in [-0.39, 0.29) is 11.6 Å². The van der Waals surface area contributed by atoms with E-state index in [1.807, 2.05) is 6.92 Å². The lowest BCUT2D eigenvalue weighted by atomic mass is 9.92. The summed E-state index contributed by atoms with van der Waals surface area (Å²) in [4.78, 5) is 12.3. The van der Waals surface area contributed by atoms with Gasteiger partial charge in [0.05, 0.1) is 6.54 Å². The van der Waals surface area contributed by atoms with Gasteiger partial charge in [-0.3, -0.25) is 4.79 Å². The quantitative estimate of drug-likeness (QED) is 0.379. The Morgan fingerprint density at radius 3 is 2.00 bits per heavy atom. The Morgan fingerprint density at radius 2 is 1.56 bits per heavy atom. The van der Waals surface area contributed by atoms with Crippen molar-refractivity contribution in [3.63, 3.8) is 0 Å². The first-order chi connectivity index (χ1) is 13.1. The van der Waals surface area contributed by atoms with E-state index in [0.717, 1.165) is 0 Å². The van der Waals surface area contributed by atoms with E-state index in [9.17, 15) is 13.6 Å². The Morgan fingerprint density at radius 1 is 1.00 bits per heavy atom. The first kappa shape index (κ1) is 18.3. The van der Waals surface area contributed by atoms with Gasteiger partial charge in [-0.1, -0.05) is 24.3 Å². The molecule has 0 amide bonds. The Hall–Kier alpha value is -3.48. The van der Waals surface area contributed by atoms with Gasteiger partial charge < -0.3 is 0 Å². The molecule has 2 aromatic carbocycles. The van der Waals surface area contributed by atoms with Gasteiger partial charge >= 0.3 is 0 Å². The molecule has 0 aliphatic carbocycles. The molecule has 27 heavy (non-hydrogen) atoms. The maximum Gasteiger partial charge on any atom is 0.205 e. The Kier molecular flexibility index (Phi) is 5.61. The number of carbonyl (C=O) groups excluding carboxylic acids is 1. The van der Waals surface area contributed by atoms with Crippen molar-refractivity contribution in [2.45, 2.75) is 13.5 Å². The van der Waals surface area contributed by atoms with E-state index in [1.165, 1.54) is 35.1 Å². The monoisotopic (exact) mass is 366 g/mol. The number of nitrogens with zero attached hydrogens (tertiary/aromatic N) is 4. The molecule has 1 aromatic heterocycles. The summed E-state index contributed by atoms with van der Waals surface area (Å²) in [6.07, 6.45) is 3.51. The van der Waals surface area contributed by atoms with Gasteiger partial charge in [0.15, 0.2) is 0 Å². The van der Waals surface area contributed by atoms with Crippen LogP contribution in [0.4, 0.5) is 8.78 Å². The number of rotatable bonds is 6. The van der Waals surface area contributed by atoms with Crippen LogP contribution in [-0.2, 0) is 11.3 Å². The lowest BCUT2D eigenvalue weighted by Gasteiger charge is -2.12. The van der Waals surface area contributed by atoms with Gasteiger partial charge in [-0.25, -0.2) is 8.78 Å². The molecule has 0 spiro atoms. The second kappa shape index (κ2) is 8.27. The third kappa shape index (κ3) is 4.20. The van der Waals surface area contributed by atoms with Crippen molar-refractivity contribution in [3.8, 4) is 0 Å². The van der Waals surface area contributed by atoms with Crippen LogP contribution in [0, 0.1) is 11.6 Å². The van der Waals surface area contributed by atoms with Crippen LogP contribution in [0.1, 0.15) is 23.9 Å². The molecule has 3 rings (SSSR count). The number of tetrazole rings is 1. The number of allylic oxidation sites excluding steroid dienone is 3. The summed E-state index contributed by atoms with van der Waals surface area (Å²) in [6.45, 7) is 2.40. The van der Waals surface area contributed by atoms with Crippen LogP contribution in [0.15, 0.2) is 60.7 Å². The third-order valence-corrected chi connectivity index (χ3v) is 3.85. The maximum atomic E-state index is 13.4. The van der Waals surface area contributed by atoms with Crippen molar-refractivity contribution in [2.75, 3.05) is 0 Å². The summed E-state index contributed by atoms with van der Waals surface area (Å²) in [7, 11) is 0. The van der Waals surface area contributed by atoms with Crippen LogP contribution in [0.25, 0.3) is 11.1 Å². The molecule has 0 saturated heterocycles. The number of halogens is 2. The van der Waals surface area contributed by atoms with E-state index >= 15 is 0 Å². The van der Waals surface area contributed by atoms with Crippen molar-refractivity contribution in [2.24, 2.45) is 0 Å². The van der Waals surface area contributed by atoms with Crippen molar-refractivity contribution in [1.29, 1.82) is 0 Å². The van der Waals surface area contributed by atoms with Crippen molar-refractivity contribution < 1.29 is 13.6 Å². The molecule has 0 radical (unpaired) electrons. The van der Waals surface area contributed by atoms with Crippen LogP contribution >= 0.6 is 0 Å². The molecular weight excluding hydrogens is 350 g/mol. The number of hydrogen-bond acceptors (Lipinski definition) is 4. The molecule has 5 nitrogen and oxygen atoms in total. The van der Waals surface area contributed by atoms with Crippen LogP contribution < -0.4 is 0 Å². The minimum absolute atomic E-state index is 0.304. The smallest absolute Gasteiger partial charge is 0.205 e. The number of aromatic nitrogens is 4. The van der Waals surface area contributed by atoms with Gasteiger partial charge in [-0.2, -0.15) is 4.80 Å². The molecule has 0 fully saturated rings. The molecule has 0 aliphatic heterocycles. The zero-order chi connectivity index (χ0) is 19.2. The van der Waals surface area contributed by atoms with E-state index in [4.69, 9.17) is 0 Å². The first-order valence-corrected chi connectivity index (χ1v) is 8.28. The molecular formula is C20H16F2N4O. The summed E-state index contributed by atoms with van der Waals surface area (Å²) >= 11 is 0. The molecule has 0 bridgehead atoms. The van der Waals surface area contributed by atoms with Crippen LogP contribution in [-0.4, -0.2) is 26.5 Å². The maximum absolute atomic E-state index is 13.4. The SMILES string of the molecule is CCn1nnc(C(C=CC=O)=C(c2ccc(F)cc2)c2ccc(F)cc2)n1. The van der Waals surface area contributed by atoms with Gasteiger partial charge in [0, 0.05) is 11.1 Å². The minimum Gasteiger partial charge on any atom is -0.299 e. The molecule has 0 aliphatic rings. The van der Waals surface area contributed by atoms with Gasteiger partial charge in [-0.15, -0.1) is 10.2 Å². The summed E-state index contributed by atoms with van der Waals surface area (Å²) < 4.78 is 26.8.